The van der Waals surface area contributed by atoms with E-state index < -0.39 is 6.09 Å². The molecule has 0 saturated heterocycles. The molecule has 0 saturated carbocycles. The standard InChI is InChI=1S/C4H9NO3/c1-2-3-8-5-4(6)7/h5H,2-3H2,1H3,(H,6,7). The van der Waals surface area contributed by atoms with Crippen LogP contribution in [0.3, 0.4) is 0 Å². The van der Waals surface area contributed by atoms with E-state index in [0.717, 1.165) is 6.42 Å². The van der Waals surface area contributed by atoms with Crippen molar-refractivity contribution >= 4 is 6.09 Å². The van der Waals surface area contributed by atoms with E-state index in [0.29, 0.717) is 6.61 Å². The van der Waals surface area contributed by atoms with Crippen LogP contribution in [-0.2, 0) is 4.84 Å². The summed E-state index contributed by atoms with van der Waals surface area (Å²) >= 11 is 0. The molecule has 48 valence electrons. The molecule has 0 spiro atoms. The maximum Gasteiger partial charge on any atom is 0.428 e. The zero-order valence-electron chi connectivity index (χ0n) is 4.68. The highest BCUT2D eigenvalue weighted by Crippen LogP contribution is 1.73. The summed E-state index contributed by atoms with van der Waals surface area (Å²) in [4.78, 5) is 14.0. The average molecular weight is 119 g/mol. The molecule has 0 rings (SSSR count). The van der Waals surface area contributed by atoms with Crippen LogP contribution in [-0.4, -0.2) is 17.8 Å². The summed E-state index contributed by atoms with van der Waals surface area (Å²) in [5.74, 6) is 0. The van der Waals surface area contributed by atoms with Crippen molar-refractivity contribution in [1.29, 1.82) is 0 Å². The molecule has 1 amide bonds. The van der Waals surface area contributed by atoms with E-state index in [-0.39, 0.29) is 0 Å². The lowest BCUT2D eigenvalue weighted by Gasteiger charge is -1.96. The lowest BCUT2D eigenvalue weighted by atomic mass is 10.5. The normalized spacial score (nSPS) is 8.62. The van der Waals surface area contributed by atoms with Gasteiger partial charge >= 0.3 is 6.09 Å². The van der Waals surface area contributed by atoms with E-state index >= 15 is 0 Å². The summed E-state index contributed by atoms with van der Waals surface area (Å²) in [5.41, 5.74) is 1.76. The smallest absolute Gasteiger partial charge is 0.428 e. The number of nitrogens with one attached hydrogen (secondary N) is 1. The molecule has 4 nitrogen and oxygen atoms in total. The predicted octanol–water partition coefficient (Wildman–Crippen LogP) is 0.596. The van der Waals surface area contributed by atoms with Crippen molar-refractivity contribution < 1.29 is 14.7 Å². The minimum atomic E-state index is -1.15. The zero-order chi connectivity index (χ0) is 6.41. The van der Waals surface area contributed by atoms with Gasteiger partial charge < -0.3 is 5.11 Å². The lowest BCUT2D eigenvalue weighted by molar-refractivity contribution is 0.0427. The Kier molecular flexibility index (Phi) is 3.97. The third kappa shape index (κ3) is 5.23. The van der Waals surface area contributed by atoms with Crippen LogP contribution in [0.5, 0.6) is 0 Å². The zero-order valence-corrected chi connectivity index (χ0v) is 4.68. The topological polar surface area (TPSA) is 58.6 Å². The van der Waals surface area contributed by atoms with Gasteiger partial charge in [-0.2, -0.15) is 5.48 Å². The second-order valence-electron chi connectivity index (χ2n) is 1.26. The van der Waals surface area contributed by atoms with Crippen LogP contribution in [0, 0.1) is 0 Å². The van der Waals surface area contributed by atoms with E-state index in [9.17, 15) is 4.79 Å². The van der Waals surface area contributed by atoms with Gasteiger partial charge in [0.25, 0.3) is 0 Å². The van der Waals surface area contributed by atoms with Gasteiger partial charge in [-0.15, -0.1) is 0 Å². The highest BCUT2D eigenvalue weighted by Gasteiger charge is 1.88. The molecule has 4 heteroatoms. The number of amides is 1. The molecule has 0 aromatic heterocycles. The van der Waals surface area contributed by atoms with Crippen molar-refractivity contribution in [3.63, 3.8) is 0 Å². The van der Waals surface area contributed by atoms with Crippen molar-refractivity contribution in [3.05, 3.63) is 0 Å². The molecule has 0 aliphatic carbocycles. The SMILES string of the molecule is CCCONC(=O)O. The van der Waals surface area contributed by atoms with Crippen LogP contribution in [0.1, 0.15) is 13.3 Å². The number of hydroxylamine groups is 1. The van der Waals surface area contributed by atoms with Gasteiger partial charge in [-0.3, -0.25) is 4.84 Å². The number of carbonyl (C=O) groups is 1. The molecule has 8 heavy (non-hydrogen) atoms. The first kappa shape index (κ1) is 7.23. The quantitative estimate of drug-likeness (QED) is 0.422. The highest BCUT2D eigenvalue weighted by molar-refractivity contribution is 5.62. The van der Waals surface area contributed by atoms with Crippen LogP contribution >= 0.6 is 0 Å². The third-order valence-corrected chi connectivity index (χ3v) is 0.466. The molecule has 0 heterocycles. The summed E-state index contributed by atoms with van der Waals surface area (Å²) in [5, 5.41) is 7.90. The van der Waals surface area contributed by atoms with E-state index in [2.05, 4.69) is 4.84 Å². The fourth-order valence-electron chi connectivity index (χ4n) is 0.215. The second kappa shape index (κ2) is 4.39. The van der Waals surface area contributed by atoms with Gasteiger partial charge in [0.05, 0.1) is 6.61 Å². The molecule has 0 aromatic rings. The summed E-state index contributed by atoms with van der Waals surface area (Å²) < 4.78 is 0. The number of rotatable bonds is 3. The Hall–Kier alpha value is -0.770. The molecule has 2 N–H and O–H groups in total. The van der Waals surface area contributed by atoms with Crippen LogP contribution < -0.4 is 5.48 Å². The van der Waals surface area contributed by atoms with Crippen molar-refractivity contribution in [2.24, 2.45) is 0 Å². The van der Waals surface area contributed by atoms with Crippen molar-refractivity contribution in [2.75, 3.05) is 6.61 Å². The summed E-state index contributed by atoms with van der Waals surface area (Å²) in [7, 11) is 0. The van der Waals surface area contributed by atoms with Gasteiger partial charge in [-0.05, 0) is 6.42 Å². The Balaban J connectivity index is 2.82. The Morgan fingerprint density at radius 3 is 2.88 bits per heavy atom. The van der Waals surface area contributed by atoms with Gasteiger partial charge in [-0.1, -0.05) is 6.92 Å². The number of carboxylic acid groups (broad SMARTS) is 1. The van der Waals surface area contributed by atoms with Gasteiger partial charge in [-0.25, -0.2) is 4.79 Å². The predicted molar refractivity (Wildman–Crippen MR) is 27.4 cm³/mol. The highest BCUT2D eigenvalue weighted by atomic mass is 16.7. The Labute approximate surface area is 47.4 Å². The molecule has 0 unspecified atom stereocenters. The Bertz CT molecular complexity index is 73.7. The molecule has 0 aliphatic rings. The van der Waals surface area contributed by atoms with E-state index in [1.807, 2.05) is 6.92 Å². The van der Waals surface area contributed by atoms with Gasteiger partial charge in [0.15, 0.2) is 0 Å². The molecule has 0 bridgehead atoms. The van der Waals surface area contributed by atoms with Gasteiger partial charge in [0, 0.05) is 0 Å². The lowest BCUT2D eigenvalue weighted by Crippen LogP contribution is -2.21. The van der Waals surface area contributed by atoms with Crippen molar-refractivity contribution in [2.45, 2.75) is 13.3 Å². The van der Waals surface area contributed by atoms with Crippen LogP contribution in [0.4, 0.5) is 4.79 Å². The molecular formula is C4H9NO3. The fourth-order valence-corrected chi connectivity index (χ4v) is 0.215. The van der Waals surface area contributed by atoms with E-state index in [4.69, 9.17) is 5.11 Å². The van der Waals surface area contributed by atoms with Crippen LogP contribution in [0.2, 0.25) is 0 Å². The first-order valence-corrected chi connectivity index (χ1v) is 2.38. The number of hydrogen-bond acceptors (Lipinski definition) is 2. The van der Waals surface area contributed by atoms with E-state index in [1.54, 1.807) is 5.48 Å². The molecule has 0 aromatic carbocycles. The van der Waals surface area contributed by atoms with Crippen LogP contribution in [0.15, 0.2) is 0 Å². The summed E-state index contributed by atoms with van der Waals surface area (Å²) in [6.07, 6.45) is -0.348. The minimum absolute atomic E-state index is 0.423. The van der Waals surface area contributed by atoms with Crippen molar-refractivity contribution in [3.8, 4) is 0 Å². The van der Waals surface area contributed by atoms with Gasteiger partial charge in [0.2, 0.25) is 0 Å². The molecule has 0 radical (unpaired) electrons. The van der Waals surface area contributed by atoms with Gasteiger partial charge in [0.1, 0.15) is 0 Å². The fraction of sp³-hybridized carbons (Fsp3) is 0.750. The first-order valence-electron chi connectivity index (χ1n) is 2.38. The average Bonchev–Trinajstić information content (AvgIpc) is 1.66. The maximum atomic E-state index is 9.64. The second-order valence-corrected chi connectivity index (χ2v) is 1.26. The summed E-state index contributed by atoms with van der Waals surface area (Å²) in [6.45, 7) is 2.32. The third-order valence-electron chi connectivity index (χ3n) is 0.466. The molecule has 0 atom stereocenters. The minimum Gasteiger partial charge on any atom is -0.464 e. The molecule has 0 fully saturated rings. The largest absolute Gasteiger partial charge is 0.464 e. The molecule has 0 aliphatic heterocycles. The summed E-state index contributed by atoms with van der Waals surface area (Å²) in [6, 6.07) is 0. The molecular weight excluding hydrogens is 110 g/mol. The maximum absolute atomic E-state index is 9.64. The van der Waals surface area contributed by atoms with E-state index in [1.165, 1.54) is 0 Å². The van der Waals surface area contributed by atoms with Crippen LogP contribution in [0.25, 0.3) is 0 Å². The first-order chi connectivity index (χ1) is 3.77. The van der Waals surface area contributed by atoms with Crippen molar-refractivity contribution in [1.82, 2.24) is 5.48 Å². The number of hydrogen-bond donors (Lipinski definition) is 2. The Morgan fingerprint density at radius 2 is 2.50 bits per heavy atom. The monoisotopic (exact) mass is 119 g/mol. The Morgan fingerprint density at radius 1 is 1.88 bits per heavy atom.